The quantitative estimate of drug-likeness (QED) is 0.723. The van der Waals surface area contributed by atoms with Gasteiger partial charge < -0.3 is 19.1 Å². The Labute approximate surface area is 169 Å². The van der Waals surface area contributed by atoms with Gasteiger partial charge in [-0.25, -0.2) is 14.6 Å². The summed E-state index contributed by atoms with van der Waals surface area (Å²) in [7, 11) is 0. The third kappa shape index (κ3) is 4.78. The van der Waals surface area contributed by atoms with Gasteiger partial charge in [0, 0.05) is 37.6 Å². The summed E-state index contributed by atoms with van der Waals surface area (Å²) in [5.41, 5.74) is 0.795. The van der Waals surface area contributed by atoms with Crippen molar-refractivity contribution in [3.8, 4) is 5.88 Å². The molecule has 0 atom stereocenters. The van der Waals surface area contributed by atoms with Crippen molar-refractivity contribution < 1.29 is 23.8 Å². The molecular weight excluding hydrogens is 376 g/mol. The van der Waals surface area contributed by atoms with E-state index >= 15 is 0 Å². The van der Waals surface area contributed by atoms with Crippen molar-refractivity contribution in [3.05, 3.63) is 23.5 Å². The monoisotopic (exact) mass is 404 g/mol. The fourth-order valence-electron chi connectivity index (χ4n) is 3.17. The first-order chi connectivity index (χ1) is 13.7. The fourth-order valence-corrected chi connectivity index (χ4v) is 3.17. The zero-order valence-corrected chi connectivity index (χ0v) is 17.6. The van der Waals surface area contributed by atoms with Crippen LogP contribution >= 0.6 is 0 Å². The minimum absolute atomic E-state index is 0.114. The number of carbonyl (C=O) groups excluding carboxylic acids is 2. The Hall–Kier alpha value is -2.84. The molecular formula is C20H28N4O5. The number of piperidine rings is 1. The minimum Gasteiger partial charge on any atom is -0.474 e. The molecule has 0 radical (unpaired) electrons. The third-order valence-corrected chi connectivity index (χ3v) is 4.56. The van der Waals surface area contributed by atoms with Crippen LogP contribution in [0.2, 0.25) is 0 Å². The van der Waals surface area contributed by atoms with Gasteiger partial charge in [0.15, 0.2) is 11.3 Å². The molecule has 1 fully saturated rings. The summed E-state index contributed by atoms with van der Waals surface area (Å²) in [5.74, 6) is -0.0166. The number of likely N-dealkylation sites (tertiary alicyclic amines) is 1. The predicted octanol–water partition coefficient (Wildman–Crippen LogP) is 2.99. The standard InChI is InChI=1S/C20H28N4O5/c1-6-27-18(25)16-13(2)17(24-15(22-16)7-10-21-24)28-14-8-11-23(12-9-14)19(26)29-20(3,4)5/h7,10,14H,6,8-9,11-12H2,1-5H3. The fraction of sp³-hybridized carbons (Fsp3) is 0.600. The van der Waals surface area contributed by atoms with Crippen LogP contribution in [0.4, 0.5) is 4.79 Å². The van der Waals surface area contributed by atoms with Gasteiger partial charge in [0.05, 0.1) is 12.8 Å². The van der Waals surface area contributed by atoms with Crippen molar-refractivity contribution >= 4 is 17.7 Å². The summed E-state index contributed by atoms with van der Waals surface area (Å²) < 4.78 is 18.4. The maximum atomic E-state index is 12.3. The summed E-state index contributed by atoms with van der Waals surface area (Å²) in [5, 5.41) is 4.27. The maximum Gasteiger partial charge on any atom is 0.410 e. The Morgan fingerprint density at radius 2 is 1.93 bits per heavy atom. The van der Waals surface area contributed by atoms with Gasteiger partial charge in [0.1, 0.15) is 11.7 Å². The Kier molecular flexibility index (Phi) is 5.95. The second-order valence-corrected chi connectivity index (χ2v) is 8.00. The van der Waals surface area contributed by atoms with Gasteiger partial charge in [-0.05, 0) is 34.6 Å². The van der Waals surface area contributed by atoms with E-state index in [1.54, 1.807) is 35.5 Å². The topological polar surface area (TPSA) is 95.3 Å². The molecule has 3 rings (SSSR count). The van der Waals surface area contributed by atoms with Gasteiger partial charge in [-0.1, -0.05) is 0 Å². The highest BCUT2D eigenvalue weighted by molar-refractivity contribution is 5.90. The van der Waals surface area contributed by atoms with E-state index < -0.39 is 11.6 Å². The highest BCUT2D eigenvalue weighted by atomic mass is 16.6. The van der Waals surface area contributed by atoms with E-state index in [1.807, 2.05) is 20.8 Å². The summed E-state index contributed by atoms with van der Waals surface area (Å²) in [6, 6.07) is 1.71. The predicted molar refractivity (Wildman–Crippen MR) is 105 cm³/mol. The lowest BCUT2D eigenvalue weighted by molar-refractivity contribution is 0.0119. The van der Waals surface area contributed by atoms with Crippen LogP contribution in [0.3, 0.4) is 0 Å². The largest absolute Gasteiger partial charge is 0.474 e. The summed E-state index contributed by atoms with van der Waals surface area (Å²) in [6.45, 7) is 10.4. The highest BCUT2D eigenvalue weighted by Gasteiger charge is 2.29. The number of ether oxygens (including phenoxy) is 3. The van der Waals surface area contributed by atoms with Gasteiger partial charge in [0.25, 0.3) is 0 Å². The Balaban J connectivity index is 1.74. The van der Waals surface area contributed by atoms with E-state index in [4.69, 9.17) is 14.2 Å². The number of fused-ring (bicyclic) bond motifs is 1. The number of aromatic nitrogens is 3. The first kappa shape index (κ1) is 20.9. The molecule has 1 aliphatic rings. The molecule has 0 unspecified atom stereocenters. The van der Waals surface area contributed by atoms with Crippen molar-refractivity contribution in [1.82, 2.24) is 19.5 Å². The SMILES string of the molecule is CCOC(=O)c1nc2ccnn2c(OC2CCN(C(=O)OC(C)(C)C)CC2)c1C. The van der Waals surface area contributed by atoms with Crippen LogP contribution in [-0.4, -0.2) is 63.0 Å². The van der Waals surface area contributed by atoms with Gasteiger partial charge in [-0.2, -0.15) is 9.61 Å². The highest BCUT2D eigenvalue weighted by Crippen LogP contribution is 2.26. The molecule has 0 aliphatic carbocycles. The molecule has 9 nitrogen and oxygen atoms in total. The number of nitrogens with zero attached hydrogens (tertiary/aromatic N) is 4. The summed E-state index contributed by atoms with van der Waals surface area (Å²) >= 11 is 0. The van der Waals surface area contributed by atoms with Crippen LogP contribution in [0.15, 0.2) is 12.3 Å². The van der Waals surface area contributed by atoms with Crippen LogP contribution in [0.5, 0.6) is 5.88 Å². The molecule has 0 N–H and O–H groups in total. The van der Waals surface area contributed by atoms with Crippen molar-refractivity contribution in [3.63, 3.8) is 0 Å². The van der Waals surface area contributed by atoms with Gasteiger partial charge in [0.2, 0.25) is 5.88 Å². The van der Waals surface area contributed by atoms with Gasteiger partial charge in [-0.15, -0.1) is 0 Å². The third-order valence-electron chi connectivity index (χ3n) is 4.56. The van der Waals surface area contributed by atoms with E-state index in [0.29, 0.717) is 43.0 Å². The average molecular weight is 404 g/mol. The molecule has 0 aromatic carbocycles. The van der Waals surface area contributed by atoms with Crippen LogP contribution in [0.25, 0.3) is 5.65 Å². The first-order valence-corrected chi connectivity index (χ1v) is 9.85. The Morgan fingerprint density at radius 1 is 1.24 bits per heavy atom. The number of hydrogen-bond acceptors (Lipinski definition) is 7. The van der Waals surface area contributed by atoms with E-state index in [-0.39, 0.29) is 24.5 Å². The second-order valence-electron chi connectivity index (χ2n) is 8.00. The lowest BCUT2D eigenvalue weighted by Crippen LogP contribution is -2.44. The van der Waals surface area contributed by atoms with Crippen LogP contribution in [0, 0.1) is 6.92 Å². The molecule has 0 bridgehead atoms. The zero-order valence-electron chi connectivity index (χ0n) is 17.6. The van der Waals surface area contributed by atoms with Crippen LogP contribution in [-0.2, 0) is 9.47 Å². The molecule has 9 heteroatoms. The summed E-state index contributed by atoms with van der Waals surface area (Å²) in [6.07, 6.45) is 2.48. The Morgan fingerprint density at radius 3 is 2.55 bits per heavy atom. The molecule has 3 heterocycles. The number of amides is 1. The van der Waals surface area contributed by atoms with E-state index in [9.17, 15) is 9.59 Å². The van der Waals surface area contributed by atoms with E-state index in [1.165, 1.54) is 0 Å². The van der Waals surface area contributed by atoms with Crippen LogP contribution in [0.1, 0.15) is 56.6 Å². The van der Waals surface area contributed by atoms with Crippen molar-refractivity contribution in [2.45, 2.75) is 59.2 Å². The average Bonchev–Trinajstić information content (AvgIpc) is 3.11. The number of rotatable bonds is 4. The molecule has 1 amide bonds. The zero-order chi connectivity index (χ0) is 21.2. The molecule has 0 saturated carbocycles. The minimum atomic E-state index is -0.520. The molecule has 29 heavy (non-hydrogen) atoms. The summed E-state index contributed by atoms with van der Waals surface area (Å²) in [4.78, 5) is 30.6. The molecule has 2 aromatic heterocycles. The molecule has 1 saturated heterocycles. The second kappa shape index (κ2) is 8.26. The molecule has 0 spiro atoms. The van der Waals surface area contributed by atoms with Crippen LogP contribution < -0.4 is 4.74 Å². The van der Waals surface area contributed by atoms with Crippen molar-refractivity contribution in [1.29, 1.82) is 0 Å². The van der Waals surface area contributed by atoms with Crippen molar-refractivity contribution in [2.75, 3.05) is 19.7 Å². The van der Waals surface area contributed by atoms with Gasteiger partial charge in [-0.3, -0.25) is 0 Å². The van der Waals surface area contributed by atoms with E-state index in [0.717, 1.165) is 0 Å². The lowest BCUT2D eigenvalue weighted by Gasteiger charge is -2.33. The first-order valence-electron chi connectivity index (χ1n) is 9.85. The number of carbonyl (C=O) groups is 2. The number of hydrogen-bond donors (Lipinski definition) is 0. The smallest absolute Gasteiger partial charge is 0.410 e. The number of esters is 1. The molecule has 1 aliphatic heterocycles. The molecule has 158 valence electrons. The Bertz CT molecular complexity index is 894. The van der Waals surface area contributed by atoms with Crippen molar-refractivity contribution in [2.24, 2.45) is 0 Å². The van der Waals surface area contributed by atoms with E-state index in [2.05, 4.69) is 10.1 Å². The van der Waals surface area contributed by atoms with Gasteiger partial charge >= 0.3 is 12.1 Å². The maximum absolute atomic E-state index is 12.3. The molecule has 2 aromatic rings. The normalized spacial score (nSPS) is 15.4. The lowest BCUT2D eigenvalue weighted by atomic mass is 10.1.